The normalized spacial score (nSPS) is 11.0. The van der Waals surface area contributed by atoms with Crippen LogP contribution in [0.5, 0.6) is 0 Å². The summed E-state index contributed by atoms with van der Waals surface area (Å²) in [5, 5.41) is 3.38. The van der Waals surface area contributed by atoms with Crippen LogP contribution in [0, 0.1) is 12.3 Å². The highest BCUT2D eigenvalue weighted by atomic mass is 32.2. The van der Waals surface area contributed by atoms with E-state index in [2.05, 4.69) is 16.0 Å². The van der Waals surface area contributed by atoms with E-state index in [0.29, 0.717) is 13.0 Å². The molecule has 1 aromatic rings. The van der Waals surface area contributed by atoms with Crippen LogP contribution in [0.3, 0.4) is 0 Å². The van der Waals surface area contributed by atoms with Crippen molar-refractivity contribution < 1.29 is 13.2 Å². The minimum Gasteiger partial charge on any atom is -0.312 e. The molecule has 0 aliphatic rings. The van der Waals surface area contributed by atoms with Crippen LogP contribution in [0.25, 0.3) is 0 Å². The first-order chi connectivity index (χ1) is 8.96. The molecule has 19 heavy (non-hydrogen) atoms. The summed E-state index contributed by atoms with van der Waals surface area (Å²) in [5.74, 6) is 2.30. The van der Waals surface area contributed by atoms with E-state index >= 15 is 0 Å². The van der Waals surface area contributed by atoms with E-state index in [9.17, 15) is 13.2 Å². The van der Waals surface area contributed by atoms with Gasteiger partial charge in [0.1, 0.15) is 6.33 Å². The molecular formula is C11H16N4O3S. The maximum Gasteiger partial charge on any atom is 0.346 e. The van der Waals surface area contributed by atoms with Crippen molar-refractivity contribution in [3.05, 3.63) is 6.33 Å². The van der Waals surface area contributed by atoms with Crippen LogP contribution in [0.4, 0.5) is 4.79 Å². The number of nitrogens with zero attached hydrogens (tertiary/aromatic N) is 4. The van der Waals surface area contributed by atoms with Crippen LogP contribution < -0.4 is 0 Å². The first kappa shape index (κ1) is 15.2. The summed E-state index contributed by atoms with van der Waals surface area (Å²) >= 11 is 0. The SMILES string of the molecule is C#CCN(CC)C(=O)n1cnc(S(=O)(=O)CCC)n1. The molecule has 7 nitrogen and oxygen atoms in total. The molecule has 0 N–H and O–H groups in total. The van der Waals surface area contributed by atoms with Crippen molar-refractivity contribution in [2.24, 2.45) is 0 Å². The van der Waals surface area contributed by atoms with Gasteiger partial charge in [0.25, 0.3) is 5.16 Å². The molecule has 0 fully saturated rings. The lowest BCUT2D eigenvalue weighted by Crippen LogP contribution is -2.35. The van der Waals surface area contributed by atoms with Crippen molar-refractivity contribution >= 4 is 15.9 Å². The molecule has 0 saturated carbocycles. The first-order valence-corrected chi connectivity index (χ1v) is 7.48. The molecule has 0 atom stereocenters. The third kappa shape index (κ3) is 3.54. The number of aromatic nitrogens is 3. The fraction of sp³-hybridized carbons (Fsp3) is 0.545. The van der Waals surface area contributed by atoms with Crippen molar-refractivity contribution in [2.75, 3.05) is 18.8 Å². The second-order valence-corrected chi connectivity index (χ2v) is 5.79. The van der Waals surface area contributed by atoms with Gasteiger partial charge in [0.15, 0.2) is 0 Å². The Hall–Kier alpha value is -1.88. The molecule has 0 spiro atoms. The molecule has 1 aromatic heterocycles. The molecule has 8 heteroatoms. The molecule has 0 aliphatic heterocycles. The molecule has 0 aliphatic carbocycles. The maximum absolute atomic E-state index is 12.0. The molecule has 0 saturated heterocycles. The van der Waals surface area contributed by atoms with Crippen LogP contribution in [-0.4, -0.2) is 53.0 Å². The van der Waals surface area contributed by atoms with E-state index in [-0.39, 0.29) is 17.5 Å². The van der Waals surface area contributed by atoms with Gasteiger partial charge in [0, 0.05) is 6.54 Å². The van der Waals surface area contributed by atoms with Crippen LogP contribution >= 0.6 is 0 Å². The topological polar surface area (TPSA) is 85.2 Å². The quantitative estimate of drug-likeness (QED) is 0.730. The summed E-state index contributed by atoms with van der Waals surface area (Å²) in [6.07, 6.45) is 6.70. The van der Waals surface area contributed by atoms with Crippen LogP contribution in [0.2, 0.25) is 0 Å². The average Bonchev–Trinajstić information content (AvgIpc) is 2.85. The maximum atomic E-state index is 12.0. The number of amides is 1. The molecule has 0 aromatic carbocycles. The van der Waals surface area contributed by atoms with Crippen molar-refractivity contribution in [1.82, 2.24) is 19.7 Å². The molecule has 104 valence electrons. The van der Waals surface area contributed by atoms with Crippen LogP contribution in [0.1, 0.15) is 20.3 Å². The monoisotopic (exact) mass is 284 g/mol. The van der Waals surface area contributed by atoms with E-state index in [1.54, 1.807) is 13.8 Å². The predicted octanol–water partition coefficient (Wildman–Crippen LogP) is 0.385. The number of carbonyl (C=O) groups is 1. The fourth-order valence-corrected chi connectivity index (χ4v) is 2.55. The lowest BCUT2D eigenvalue weighted by atomic mass is 10.5. The van der Waals surface area contributed by atoms with E-state index in [1.807, 2.05) is 0 Å². The molecule has 0 bridgehead atoms. The third-order valence-corrected chi connectivity index (χ3v) is 4.04. The van der Waals surface area contributed by atoms with Gasteiger partial charge in [0.05, 0.1) is 12.3 Å². The highest BCUT2D eigenvalue weighted by Crippen LogP contribution is 2.06. The summed E-state index contributed by atoms with van der Waals surface area (Å²) in [7, 11) is -3.52. The Morgan fingerprint density at radius 1 is 1.53 bits per heavy atom. The predicted molar refractivity (Wildman–Crippen MR) is 69.2 cm³/mol. The summed E-state index contributed by atoms with van der Waals surface area (Å²) in [6.45, 7) is 4.04. The Labute approximate surface area is 112 Å². The number of rotatable bonds is 5. The zero-order valence-electron chi connectivity index (χ0n) is 10.9. The van der Waals surface area contributed by atoms with Gasteiger partial charge in [-0.1, -0.05) is 12.8 Å². The minimum atomic E-state index is -3.52. The Kier molecular flexibility index (Phi) is 5.06. The number of hydrogen-bond acceptors (Lipinski definition) is 5. The number of sulfone groups is 1. The zero-order valence-corrected chi connectivity index (χ0v) is 11.7. The molecule has 0 unspecified atom stereocenters. The zero-order chi connectivity index (χ0) is 14.5. The standard InChI is InChI=1S/C11H16N4O3S/c1-4-7-14(6-3)11(16)15-9-12-10(13-15)19(17,18)8-5-2/h1,9H,5-8H2,2-3H3. The number of terminal acetylenes is 1. The van der Waals surface area contributed by atoms with Gasteiger partial charge in [-0.25, -0.2) is 18.2 Å². The van der Waals surface area contributed by atoms with E-state index < -0.39 is 15.9 Å². The van der Waals surface area contributed by atoms with Gasteiger partial charge in [-0.05, 0) is 13.3 Å². The van der Waals surface area contributed by atoms with E-state index in [0.717, 1.165) is 11.0 Å². The second-order valence-electron chi connectivity index (χ2n) is 3.79. The second kappa shape index (κ2) is 6.33. The molecule has 1 heterocycles. The lowest BCUT2D eigenvalue weighted by molar-refractivity contribution is 0.204. The summed E-state index contributed by atoms with van der Waals surface area (Å²) in [4.78, 5) is 17.0. The van der Waals surface area contributed by atoms with Gasteiger partial charge in [-0.3, -0.25) is 0 Å². The van der Waals surface area contributed by atoms with Crippen LogP contribution in [0.15, 0.2) is 11.5 Å². The van der Waals surface area contributed by atoms with Gasteiger partial charge in [0.2, 0.25) is 9.84 Å². The fourth-order valence-electron chi connectivity index (χ4n) is 1.41. The number of hydrogen-bond donors (Lipinski definition) is 0. The van der Waals surface area contributed by atoms with Crippen molar-refractivity contribution in [2.45, 2.75) is 25.4 Å². The molecule has 0 radical (unpaired) electrons. The van der Waals surface area contributed by atoms with Gasteiger partial charge >= 0.3 is 6.03 Å². The Balaban J connectivity index is 2.97. The third-order valence-electron chi connectivity index (χ3n) is 2.35. The largest absolute Gasteiger partial charge is 0.346 e. The van der Waals surface area contributed by atoms with Gasteiger partial charge < -0.3 is 4.90 Å². The summed E-state index contributed by atoms with van der Waals surface area (Å²) < 4.78 is 24.4. The van der Waals surface area contributed by atoms with Crippen LogP contribution in [-0.2, 0) is 9.84 Å². The Morgan fingerprint density at radius 3 is 2.74 bits per heavy atom. The van der Waals surface area contributed by atoms with Crippen molar-refractivity contribution in [3.63, 3.8) is 0 Å². The molecule has 1 amide bonds. The van der Waals surface area contributed by atoms with Gasteiger partial charge in [-0.2, -0.15) is 4.68 Å². The molecule has 1 rings (SSSR count). The van der Waals surface area contributed by atoms with E-state index in [1.165, 1.54) is 4.90 Å². The lowest BCUT2D eigenvalue weighted by Gasteiger charge is -2.16. The highest BCUT2D eigenvalue weighted by Gasteiger charge is 2.21. The Bertz CT molecular complexity index is 585. The summed E-state index contributed by atoms with van der Waals surface area (Å²) in [6, 6.07) is -0.495. The highest BCUT2D eigenvalue weighted by molar-refractivity contribution is 7.91. The van der Waals surface area contributed by atoms with E-state index in [4.69, 9.17) is 6.42 Å². The summed E-state index contributed by atoms with van der Waals surface area (Å²) in [5.41, 5.74) is 0. The molecular weight excluding hydrogens is 268 g/mol. The van der Waals surface area contributed by atoms with Crippen molar-refractivity contribution in [3.8, 4) is 12.3 Å². The van der Waals surface area contributed by atoms with Crippen molar-refractivity contribution in [1.29, 1.82) is 0 Å². The minimum absolute atomic E-state index is 0.0486. The Morgan fingerprint density at radius 2 is 2.21 bits per heavy atom. The smallest absolute Gasteiger partial charge is 0.312 e. The first-order valence-electron chi connectivity index (χ1n) is 5.83. The van der Waals surface area contributed by atoms with Gasteiger partial charge in [-0.15, -0.1) is 11.5 Å². The average molecular weight is 284 g/mol. The number of carbonyl (C=O) groups excluding carboxylic acids is 1.